The first-order valence-corrected chi connectivity index (χ1v) is 9.65. The lowest BCUT2D eigenvalue weighted by molar-refractivity contribution is 0.171. The van der Waals surface area contributed by atoms with Crippen molar-refractivity contribution < 1.29 is 27.4 Å². The monoisotopic (exact) mass is 379 g/mol. The molecule has 0 amide bonds. The topological polar surface area (TPSA) is 83.1 Å². The average molecular weight is 379 g/mol. The van der Waals surface area contributed by atoms with Gasteiger partial charge in [-0.25, -0.2) is 13.1 Å². The van der Waals surface area contributed by atoms with Crippen molar-refractivity contribution >= 4 is 10.0 Å². The van der Waals surface area contributed by atoms with Gasteiger partial charge in [0.05, 0.1) is 18.0 Å². The van der Waals surface area contributed by atoms with Gasteiger partial charge < -0.3 is 18.9 Å². The Kier molecular flexibility index (Phi) is 5.53. The largest absolute Gasteiger partial charge is 0.497 e. The van der Waals surface area contributed by atoms with Crippen molar-refractivity contribution in [3.63, 3.8) is 0 Å². The lowest BCUT2D eigenvalue weighted by atomic mass is 10.3. The molecule has 2 aromatic carbocycles. The third-order valence-electron chi connectivity index (χ3n) is 3.74. The molecule has 1 heterocycles. The highest BCUT2D eigenvalue weighted by Crippen LogP contribution is 2.32. The summed E-state index contributed by atoms with van der Waals surface area (Å²) in [6.45, 7) is 2.78. The van der Waals surface area contributed by atoms with Crippen LogP contribution >= 0.6 is 0 Å². The first-order chi connectivity index (χ1) is 12.5. The quantitative estimate of drug-likeness (QED) is 0.794. The Bertz CT molecular complexity index is 850. The maximum Gasteiger partial charge on any atom is 0.241 e. The smallest absolute Gasteiger partial charge is 0.241 e. The normalized spacial score (nSPS) is 14.5. The predicted molar refractivity (Wildman–Crippen MR) is 95.7 cm³/mol. The Morgan fingerprint density at radius 2 is 1.69 bits per heavy atom. The van der Waals surface area contributed by atoms with Crippen LogP contribution in [0.3, 0.4) is 0 Å². The molecule has 7 nitrogen and oxygen atoms in total. The van der Waals surface area contributed by atoms with E-state index in [2.05, 4.69) is 4.72 Å². The van der Waals surface area contributed by atoms with Crippen LogP contribution in [0, 0.1) is 0 Å². The molecular weight excluding hydrogens is 358 g/mol. The zero-order valence-corrected chi connectivity index (χ0v) is 15.4. The molecular formula is C18H21NO6S. The van der Waals surface area contributed by atoms with Crippen molar-refractivity contribution in [2.45, 2.75) is 17.9 Å². The molecule has 2 aromatic rings. The standard InChI is InChI=1S/C18H21NO6S/c1-13(12-25-15-5-3-14(22-2)4-6-15)19-26(20,21)16-7-8-17-18(11-16)24-10-9-23-17/h3-8,11,13,19H,9-10,12H2,1-2H3/t13-/m1/s1. The number of nitrogens with one attached hydrogen (secondary N) is 1. The van der Waals surface area contributed by atoms with E-state index >= 15 is 0 Å². The predicted octanol–water partition coefficient (Wildman–Crippen LogP) is 2.21. The highest BCUT2D eigenvalue weighted by atomic mass is 32.2. The van der Waals surface area contributed by atoms with Crippen molar-refractivity contribution in [2.24, 2.45) is 0 Å². The minimum Gasteiger partial charge on any atom is -0.497 e. The summed E-state index contributed by atoms with van der Waals surface area (Å²) in [5, 5.41) is 0. The van der Waals surface area contributed by atoms with E-state index < -0.39 is 16.1 Å². The zero-order chi connectivity index (χ0) is 18.6. The first-order valence-electron chi connectivity index (χ1n) is 8.17. The number of ether oxygens (including phenoxy) is 4. The van der Waals surface area contributed by atoms with E-state index in [1.165, 1.54) is 12.1 Å². The number of hydrogen-bond acceptors (Lipinski definition) is 6. The summed E-state index contributed by atoms with van der Waals surface area (Å²) in [6, 6.07) is 11.2. The minimum atomic E-state index is -3.69. The van der Waals surface area contributed by atoms with Gasteiger partial charge in [-0.2, -0.15) is 0 Å². The highest BCUT2D eigenvalue weighted by Gasteiger charge is 2.21. The first kappa shape index (κ1) is 18.3. The molecule has 1 atom stereocenters. The summed E-state index contributed by atoms with van der Waals surface area (Å²) in [7, 11) is -2.11. The molecule has 1 N–H and O–H groups in total. The summed E-state index contributed by atoms with van der Waals surface area (Å²) in [6.07, 6.45) is 0. The molecule has 0 fully saturated rings. The molecule has 0 spiro atoms. The minimum absolute atomic E-state index is 0.123. The Hall–Kier alpha value is -2.45. The molecule has 0 saturated heterocycles. The maximum absolute atomic E-state index is 12.5. The highest BCUT2D eigenvalue weighted by molar-refractivity contribution is 7.89. The van der Waals surface area contributed by atoms with Gasteiger partial charge in [0, 0.05) is 6.07 Å². The second-order valence-electron chi connectivity index (χ2n) is 5.81. The lowest BCUT2D eigenvalue weighted by Crippen LogP contribution is -2.36. The van der Waals surface area contributed by atoms with Crippen LogP contribution in [-0.2, 0) is 10.0 Å². The summed E-state index contributed by atoms with van der Waals surface area (Å²) >= 11 is 0. The van der Waals surface area contributed by atoms with E-state index in [1.54, 1.807) is 44.4 Å². The van der Waals surface area contributed by atoms with Crippen molar-refractivity contribution in [2.75, 3.05) is 26.9 Å². The van der Waals surface area contributed by atoms with E-state index in [9.17, 15) is 8.42 Å². The number of fused-ring (bicyclic) bond motifs is 1. The average Bonchev–Trinajstić information content (AvgIpc) is 2.66. The second kappa shape index (κ2) is 7.84. The molecule has 0 aromatic heterocycles. The van der Waals surface area contributed by atoms with Crippen molar-refractivity contribution in [1.82, 2.24) is 4.72 Å². The van der Waals surface area contributed by atoms with Crippen LogP contribution in [-0.4, -0.2) is 41.4 Å². The van der Waals surface area contributed by atoms with Gasteiger partial charge >= 0.3 is 0 Å². The Balaban J connectivity index is 1.61. The molecule has 1 aliphatic heterocycles. The van der Waals surface area contributed by atoms with Crippen LogP contribution in [0.4, 0.5) is 0 Å². The third kappa shape index (κ3) is 4.39. The summed E-state index contributed by atoms with van der Waals surface area (Å²) in [5.41, 5.74) is 0. The van der Waals surface area contributed by atoms with Gasteiger partial charge in [0.25, 0.3) is 0 Å². The molecule has 1 aliphatic rings. The van der Waals surface area contributed by atoms with Gasteiger partial charge in [-0.05, 0) is 43.3 Å². The number of rotatable bonds is 7. The van der Waals surface area contributed by atoms with Crippen molar-refractivity contribution in [1.29, 1.82) is 0 Å². The number of hydrogen-bond donors (Lipinski definition) is 1. The van der Waals surface area contributed by atoms with Crippen LogP contribution in [0.25, 0.3) is 0 Å². The third-order valence-corrected chi connectivity index (χ3v) is 5.33. The van der Waals surface area contributed by atoms with E-state index in [0.29, 0.717) is 30.5 Å². The number of methoxy groups -OCH3 is 1. The molecule has 140 valence electrons. The van der Waals surface area contributed by atoms with E-state index in [4.69, 9.17) is 18.9 Å². The summed E-state index contributed by atoms with van der Waals surface area (Å²) < 4.78 is 49.2. The summed E-state index contributed by atoms with van der Waals surface area (Å²) in [5.74, 6) is 2.34. The molecule has 0 aliphatic carbocycles. The second-order valence-corrected chi connectivity index (χ2v) is 7.53. The van der Waals surface area contributed by atoms with Gasteiger partial charge in [-0.3, -0.25) is 0 Å². The van der Waals surface area contributed by atoms with E-state index in [0.717, 1.165) is 5.75 Å². The number of benzene rings is 2. The molecule has 0 bridgehead atoms. The fraction of sp³-hybridized carbons (Fsp3) is 0.333. The van der Waals surface area contributed by atoms with Gasteiger partial charge in [0.2, 0.25) is 10.0 Å². The van der Waals surface area contributed by atoms with Crippen molar-refractivity contribution in [3.8, 4) is 23.0 Å². The SMILES string of the molecule is COc1ccc(OC[C@@H](C)NS(=O)(=O)c2ccc3c(c2)OCCO3)cc1. The molecule has 0 radical (unpaired) electrons. The van der Waals surface area contributed by atoms with Crippen LogP contribution < -0.4 is 23.7 Å². The zero-order valence-electron chi connectivity index (χ0n) is 14.6. The van der Waals surface area contributed by atoms with Crippen LogP contribution in [0.2, 0.25) is 0 Å². The molecule has 26 heavy (non-hydrogen) atoms. The van der Waals surface area contributed by atoms with Crippen LogP contribution in [0.5, 0.6) is 23.0 Å². The fourth-order valence-corrected chi connectivity index (χ4v) is 3.69. The number of sulfonamides is 1. The molecule has 8 heteroatoms. The van der Waals surface area contributed by atoms with E-state index in [-0.39, 0.29) is 11.5 Å². The summed E-state index contributed by atoms with van der Waals surface area (Å²) in [4.78, 5) is 0.123. The van der Waals surface area contributed by atoms with Crippen LogP contribution in [0.1, 0.15) is 6.92 Å². The molecule has 3 rings (SSSR count). The fourth-order valence-electron chi connectivity index (χ4n) is 2.45. The maximum atomic E-state index is 12.5. The Morgan fingerprint density at radius 1 is 1.04 bits per heavy atom. The molecule has 0 saturated carbocycles. The molecule has 0 unspecified atom stereocenters. The van der Waals surface area contributed by atoms with Crippen LogP contribution in [0.15, 0.2) is 47.4 Å². The van der Waals surface area contributed by atoms with E-state index in [1.807, 2.05) is 0 Å². The van der Waals surface area contributed by atoms with Gasteiger partial charge in [0.15, 0.2) is 11.5 Å². The lowest BCUT2D eigenvalue weighted by Gasteiger charge is -2.20. The van der Waals surface area contributed by atoms with Gasteiger partial charge in [-0.15, -0.1) is 0 Å². The van der Waals surface area contributed by atoms with Crippen molar-refractivity contribution in [3.05, 3.63) is 42.5 Å². The van der Waals surface area contributed by atoms with Gasteiger partial charge in [0.1, 0.15) is 31.3 Å². The van der Waals surface area contributed by atoms with Gasteiger partial charge in [-0.1, -0.05) is 0 Å². The Morgan fingerprint density at radius 3 is 2.38 bits per heavy atom. The Labute approximate surface area is 152 Å².